The van der Waals surface area contributed by atoms with Crippen LogP contribution in [0.25, 0.3) is 11.0 Å². The van der Waals surface area contributed by atoms with E-state index in [4.69, 9.17) is 4.98 Å². The number of aryl methyl sites for hydroxylation is 2. The highest BCUT2D eigenvalue weighted by Gasteiger charge is 2.29. The number of nitrogens with zero attached hydrogens (tertiary/aromatic N) is 4. The fraction of sp³-hybridized carbons (Fsp3) is 0.333. The molecule has 1 aliphatic heterocycles. The molecule has 0 aliphatic carbocycles. The number of piperidine rings is 1. The van der Waals surface area contributed by atoms with E-state index in [0.717, 1.165) is 36.2 Å². The number of hydrogen-bond acceptors (Lipinski definition) is 4. The Kier molecular flexibility index (Phi) is 7.04. The highest BCUT2D eigenvalue weighted by Crippen LogP contribution is 2.32. The van der Waals surface area contributed by atoms with Crippen LogP contribution in [-0.2, 0) is 17.8 Å². The lowest BCUT2D eigenvalue weighted by atomic mass is 9.87. The molecule has 5 rings (SSSR count). The molecule has 190 valence electrons. The van der Waals surface area contributed by atoms with Crippen LogP contribution in [0.3, 0.4) is 0 Å². The monoisotopic (exact) mass is 495 g/mol. The molecule has 1 N–H and O–H groups in total. The Bertz CT molecular complexity index is 1440. The molecule has 1 saturated heterocycles. The van der Waals surface area contributed by atoms with E-state index in [9.17, 15) is 9.59 Å². The van der Waals surface area contributed by atoms with Crippen LogP contribution in [0.15, 0.2) is 60.9 Å². The van der Waals surface area contributed by atoms with Crippen LogP contribution in [0.2, 0.25) is 0 Å². The van der Waals surface area contributed by atoms with Crippen molar-refractivity contribution in [1.29, 1.82) is 0 Å². The van der Waals surface area contributed by atoms with Crippen LogP contribution in [-0.4, -0.2) is 44.3 Å². The molecule has 1 fully saturated rings. The maximum atomic E-state index is 14.2. The van der Waals surface area contributed by atoms with Crippen molar-refractivity contribution >= 4 is 28.5 Å². The van der Waals surface area contributed by atoms with Gasteiger partial charge in [-0.1, -0.05) is 37.3 Å². The predicted octanol–water partition coefficient (Wildman–Crippen LogP) is 5.33. The summed E-state index contributed by atoms with van der Waals surface area (Å²) in [6.07, 6.45) is 6.34. The summed E-state index contributed by atoms with van der Waals surface area (Å²) in [7, 11) is 0. The summed E-state index contributed by atoms with van der Waals surface area (Å²) < 4.78 is 2.12. The van der Waals surface area contributed by atoms with Gasteiger partial charge in [0.25, 0.3) is 5.91 Å². The van der Waals surface area contributed by atoms with Crippen molar-refractivity contribution in [2.45, 2.75) is 52.5 Å². The lowest BCUT2D eigenvalue weighted by Crippen LogP contribution is -2.39. The average Bonchev–Trinajstić information content (AvgIpc) is 3.25. The van der Waals surface area contributed by atoms with Crippen molar-refractivity contribution in [1.82, 2.24) is 19.4 Å². The zero-order valence-electron chi connectivity index (χ0n) is 21.7. The standard InChI is InChI=1S/C30H33N5O2/c1-4-28-33-27-16-24(32-21(3)36)15-26(29(27)35(28)18-22-10-7-13-31-17-22)30(37)34-14-8-11-23(19-34)25-12-6-5-9-20(25)2/h5-7,9-10,12-13,15-17,23H,4,8,11,14,18-19H2,1-3H3,(H,32,36). The quantitative estimate of drug-likeness (QED) is 0.392. The maximum absolute atomic E-state index is 14.2. The van der Waals surface area contributed by atoms with E-state index in [1.54, 1.807) is 6.20 Å². The molecule has 7 nitrogen and oxygen atoms in total. The zero-order valence-corrected chi connectivity index (χ0v) is 21.7. The molecule has 1 unspecified atom stereocenters. The van der Waals surface area contributed by atoms with Gasteiger partial charge in [0.2, 0.25) is 5.91 Å². The first-order valence-electron chi connectivity index (χ1n) is 13.0. The molecule has 37 heavy (non-hydrogen) atoms. The number of fused-ring (bicyclic) bond motifs is 1. The van der Waals surface area contributed by atoms with Gasteiger partial charge in [0.1, 0.15) is 5.82 Å². The van der Waals surface area contributed by atoms with Crippen molar-refractivity contribution in [3.8, 4) is 0 Å². The first kappa shape index (κ1) is 24.7. The Morgan fingerprint density at radius 2 is 1.97 bits per heavy atom. The lowest BCUT2D eigenvalue weighted by molar-refractivity contribution is -0.114. The number of likely N-dealkylation sites (tertiary alicyclic amines) is 1. The van der Waals surface area contributed by atoms with Crippen molar-refractivity contribution in [3.63, 3.8) is 0 Å². The van der Waals surface area contributed by atoms with E-state index in [1.807, 2.05) is 35.4 Å². The number of imidazole rings is 1. The van der Waals surface area contributed by atoms with Crippen LogP contribution in [0.5, 0.6) is 0 Å². The van der Waals surface area contributed by atoms with Gasteiger partial charge in [0, 0.05) is 50.4 Å². The van der Waals surface area contributed by atoms with E-state index in [2.05, 4.69) is 53.0 Å². The molecule has 2 amide bonds. The van der Waals surface area contributed by atoms with Crippen molar-refractivity contribution in [2.75, 3.05) is 18.4 Å². The Balaban J connectivity index is 1.58. The topological polar surface area (TPSA) is 80.1 Å². The molecule has 1 aliphatic rings. The van der Waals surface area contributed by atoms with Gasteiger partial charge >= 0.3 is 0 Å². The minimum Gasteiger partial charge on any atom is -0.338 e. The third kappa shape index (κ3) is 5.12. The normalized spacial score (nSPS) is 15.6. The van der Waals surface area contributed by atoms with Crippen LogP contribution >= 0.6 is 0 Å². The summed E-state index contributed by atoms with van der Waals surface area (Å²) in [6, 6.07) is 16.1. The van der Waals surface area contributed by atoms with Gasteiger partial charge in [0.05, 0.1) is 23.1 Å². The summed E-state index contributed by atoms with van der Waals surface area (Å²) in [5, 5.41) is 2.86. The minimum absolute atomic E-state index is 0.0227. The van der Waals surface area contributed by atoms with Gasteiger partial charge in [-0.3, -0.25) is 14.6 Å². The van der Waals surface area contributed by atoms with Gasteiger partial charge in [-0.25, -0.2) is 4.98 Å². The van der Waals surface area contributed by atoms with E-state index in [-0.39, 0.29) is 11.8 Å². The number of hydrogen-bond donors (Lipinski definition) is 1. The maximum Gasteiger partial charge on any atom is 0.256 e. The molecule has 1 atom stereocenters. The lowest BCUT2D eigenvalue weighted by Gasteiger charge is -2.34. The van der Waals surface area contributed by atoms with Crippen molar-refractivity contribution in [2.24, 2.45) is 0 Å². The highest BCUT2D eigenvalue weighted by molar-refractivity contribution is 6.07. The second kappa shape index (κ2) is 10.5. The number of nitrogens with one attached hydrogen (secondary N) is 1. The summed E-state index contributed by atoms with van der Waals surface area (Å²) in [6.45, 7) is 7.63. The Morgan fingerprint density at radius 1 is 1.14 bits per heavy atom. The third-order valence-electron chi connectivity index (χ3n) is 7.19. The van der Waals surface area contributed by atoms with Crippen LogP contribution in [0.4, 0.5) is 5.69 Å². The van der Waals surface area contributed by atoms with Crippen molar-refractivity contribution < 1.29 is 9.59 Å². The van der Waals surface area contributed by atoms with Gasteiger partial charge in [0.15, 0.2) is 0 Å². The number of aromatic nitrogens is 3. The molecule has 0 radical (unpaired) electrons. The number of amides is 2. The molecule has 2 aromatic carbocycles. The van der Waals surface area contributed by atoms with E-state index in [1.165, 1.54) is 18.1 Å². The van der Waals surface area contributed by atoms with Gasteiger partial charge in [-0.2, -0.15) is 0 Å². The third-order valence-corrected chi connectivity index (χ3v) is 7.19. The van der Waals surface area contributed by atoms with Gasteiger partial charge in [-0.15, -0.1) is 0 Å². The highest BCUT2D eigenvalue weighted by atomic mass is 16.2. The van der Waals surface area contributed by atoms with E-state index in [0.29, 0.717) is 42.3 Å². The number of anilines is 1. The Labute approximate surface area is 217 Å². The first-order valence-corrected chi connectivity index (χ1v) is 13.0. The zero-order chi connectivity index (χ0) is 25.9. The number of rotatable bonds is 6. The number of pyridine rings is 1. The molecule has 3 heterocycles. The van der Waals surface area contributed by atoms with E-state index >= 15 is 0 Å². The molecule has 2 aromatic heterocycles. The molecular weight excluding hydrogens is 462 g/mol. The average molecular weight is 496 g/mol. The fourth-order valence-electron chi connectivity index (χ4n) is 5.50. The summed E-state index contributed by atoms with van der Waals surface area (Å²) in [5.74, 6) is 0.995. The number of carbonyl (C=O) groups is 2. The molecule has 7 heteroatoms. The number of carbonyl (C=O) groups excluding carboxylic acids is 2. The Morgan fingerprint density at radius 3 is 2.70 bits per heavy atom. The fourth-order valence-corrected chi connectivity index (χ4v) is 5.50. The SMILES string of the molecule is CCc1nc2cc(NC(C)=O)cc(C(=O)N3CCCC(c4ccccc4C)C3)c2n1Cc1cccnc1. The van der Waals surface area contributed by atoms with Gasteiger partial charge < -0.3 is 14.8 Å². The second-order valence-electron chi connectivity index (χ2n) is 9.85. The summed E-state index contributed by atoms with van der Waals surface area (Å²) in [4.78, 5) is 37.2. The van der Waals surface area contributed by atoms with Gasteiger partial charge in [-0.05, 0) is 54.7 Å². The molecule has 0 saturated carbocycles. The summed E-state index contributed by atoms with van der Waals surface area (Å²) in [5.41, 5.74) is 6.29. The second-order valence-corrected chi connectivity index (χ2v) is 9.85. The molecule has 0 bridgehead atoms. The van der Waals surface area contributed by atoms with Crippen LogP contribution in [0.1, 0.15) is 65.5 Å². The van der Waals surface area contributed by atoms with Crippen LogP contribution < -0.4 is 5.32 Å². The largest absolute Gasteiger partial charge is 0.338 e. The summed E-state index contributed by atoms with van der Waals surface area (Å²) >= 11 is 0. The Hall–Kier alpha value is -4.00. The van der Waals surface area contributed by atoms with Crippen molar-refractivity contribution in [3.05, 3.63) is 89.0 Å². The smallest absolute Gasteiger partial charge is 0.256 e. The first-order chi connectivity index (χ1) is 17.9. The minimum atomic E-state index is -0.180. The molecule has 4 aromatic rings. The van der Waals surface area contributed by atoms with E-state index < -0.39 is 0 Å². The number of benzene rings is 2. The molecule has 0 spiro atoms. The molecular formula is C30H33N5O2. The predicted molar refractivity (Wildman–Crippen MR) is 146 cm³/mol. The van der Waals surface area contributed by atoms with Crippen LogP contribution in [0, 0.1) is 6.92 Å².